The first-order valence-electron chi connectivity index (χ1n) is 11.4. The Labute approximate surface area is 196 Å². The van der Waals surface area contributed by atoms with Crippen LogP contribution < -0.4 is 9.47 Å². The number of rotatable bonds is 4. The van der Waals surface area contributed by atoms with Gasteiger partial charge in [-0.1, -0.05) is 24.3 Å². The van der Waals surface area contributed by atoms with E-state index in [0.29, 0.717) is 43.2 Å². The van der Waals surface area contributed by atoms with E-state index in [-0.39, 0.29) is 49.6 Å². The standard InChI is InChI=1S/C25H25N3O6/c29-22-9-10-23(30)28(22)15-17-5-7-18(8-6-17)24(31)26-11-13-27(14-12-26)25(32)21-16-33-19-3-1-2-4-20(19)34-21/h1-8,21H,9-16H2. The van der Waals surface area contributed by atoms with Gasteiger partial charge in [0.15, 0.2) is 11.5 Å². The van der Waals surface area contributed by atoms with Crippen LogP contribution in [0.4, 0.5) is 0 Å². The molecule has 0 bridgehead atoms. The van der Waals surface area contributed by atoms with Crippen molar-refractivity contribution in [2.75, 3.05) is 32.8 Å². The molecule has 9 heteroatoms. The number of imide groups is 1. The summed E-state index contributed by atoms with van der Waals surface area (Å²) in [5.74, 6) is 0.614. The highest BCUT2D eigenvalue weighted by molar-refractivity contribution is 6.01. The van der Waals surface area contributed by atoms with E-state index >= 15 is 0 Å². The molecule has 0 spiro atoms. The third kappa shape index (κ3) is 4.33. The zero-order valence-electron chi connectivity index (χ0n) is 18.6. The summed E-state index contributed by atoms with van der Waals surface area (Å²) in [6, 6.07) is 14.2. The van der Waals surface area contributed by atoms with Crippen LogP contribution in [0.15, 0.2) is 48.5 Å². The molecule has 0 N–H and O–H groups in total. The average Bonchev–Trinajstić information content (AvgIpc) is 3.20. The summed E-state index contributed by atoms with van der Waals surface area (Å²) in [7, 11) is 0. The van der Waals surface area contributed by atoms with E-state index in [4.69, 9.17) is 9.47 Å². The molecule has 0 saturated carbocycles. The Balaban J connectivity index is 1.14. The van der Waals surface area contributed by atoms with Crippen LogP contribution in [0.2, 0.25) is 0 Å². The van der Waals surface area contributed by atoms with Gasteiger partial charge in [0, 0.05) is 44.6 Å². The topological polar surface area (TPSA) is 96.5 Å². The van der Waals surface area contributed by atoms with E-state index in [2.05, 4.69) is 0 Å². The van der Waals surface area contributed by atoms with Crippen molar-refractivity contribution in [3.05, 3.63) is 59.7 Å². The summed E-state index contributed by atoms with van der Waals surface area (Å²) in [6.45, 7) is 2.08. The predicted octanol–water partition coefficient (Wildman–Crippen LogP) is 1.46. The fourth-order valence-electron chi connectivity index (χ4n) is 4.39. The summed E-state index contributed by atoms with van der Waals surface area (Å²) in [5.41, 5.74) is 1.33. The molecule has 9 nitrogen and oxygen atoms in total. The van der Waals surface area contributed by atoms with Crippen molar-refractivity contribution in [3.8, 4) is 11.5 Å². The SMILES string of the molecule is O=C(c1ccc(CN2C(=O)CCC2=O)cc1)N1CCN(C(=O)C2COc3ccccc3O2)CC1. The van der Waals surface area contributed by atoms with Crippen molar-refractivity contribution >= 4 is 23.6 Å². The molecular weight excluding hydrogens is 438 g/mol. The largest absolute Gasteiger partial charge is 0.485 e. The number of para-hydroxylation sites is 2. The van der Waals surface area contributed by atoms with E-state index in [1.807, 2.05) is 12.1 Å². The number of ether oxygens (including phenoxy) is 2. The van der Waals surface area contributed by atoms with Crippen LogP contribution in [0.5, 0.6) is 11.5 Å². The van der Waals surface area contributed by atoms with Crippen LogP contribution in [0.3, 0.4) is 0 Å². The summed E-state index contributed by atoms with van der Waals surface area (Å²) < 4.78 is 11.5. The highest BCUT2D eigenvalue weighted by Gasteiger charge is 2.34. The van der Waals surface area contributed by atoms with E-state index in [1.54, 1.807) is 46.2 Å². The normalized spacial score (nSPS) is 20.0. The minimum Gasteiger partial charge on any atom is -0.485 e. The summed E-state index contributed by atoms with van der Waals surface area (Å²) in [4.78, 5) is 54.1. The Morgan fingerprint density at radius 1 is 0.824 bits per heavy atom. The van der Waals surface area contributed by atoms with Gasteiger partial charge in [-0.05, 0) is 29.8 Å². The van der Waals surface area contributed by atoms with Gasteiger partial charge >= 0.3 is 0 Å². The number of likely N-dealkylation sites (tertiary alicyclic amines) is 1. The van der Waals surface area contributed by atoms with E-state index < -0.39 is 6.10 Å². The highest BCUT2D eigenvalue weighted by atomic mass is 16.6. The van der Waals surface area contributed by atoms with Gasteiger partial charge in [-0.15, -0.1) is 0 Å². The molecule has 1 unspecified atom stereocenters. The molecule has 3 heterocycles. The molecule has 2 saturated heterocycles. The van der Waals surface area contributed by atoms with Crippen LogP contribution in [-0.2, 0) is 20.9 Å². The van der Waals surface area contributed by atoms with Crippen LogP contribution in [0.1, 0.15) is 28.8 Å². The molecular formula is C25H25N3O6. The van der Waals surface area contributed by atoms with Crippen molar-refractivity contribution in [3.63, 3.8) is 0 Å². The molecule has 2 aromatic rings. The van der Waals surface area contributed by atoms with Gasteiger partial charge < -0.3 is 19.3 Å². The Morgan fingerprint density at radius 3 is 2.12 bits per heavy atom. The monoisotopic (exact) mass is 463 g/mol. The molecule has 0 radical (unpaired) electrons. The average molecular weight is 463 g/mol. The summed E-state index contributed by atoms with van der Waals surface area (Å²) in [6.07, 6.45) is -0.173. The highest BCUT2D eigenvalue weighted by Crippen LogP contribution is 2.31. The van der Waals surface area contributed by atoms with Gasteiger partial charge in [-0.3, -0.25) is 24.1 Å². The molecule has 34 heavy (non-hydrogen) atoms. The molecule has 4 amide bonds. The number of nitrogens with zero attached hydrogens (tertiary/aromatic N) is 3. The molecule has 1 atom stereocenters. The molecule has 3 aliphatic heterocycles. The Kier molecular flexibility index (Phi) is 5.91. The molecule has 0 aromatic heterocycles. The maximum absolute atomic E-state index is 12.9. The van der Waals surface area contributed by atoms with Crippen LogP contribution in [0, 0.1) is 0 Å². The van der Waals surface area contributed by atoms with Gasteiger partial charge in [0.1, 0.15) is 6.61 Å². The number of fused-ring (bicyclic) bond motifs is 1. The minimum atomic E-state index is -0.695. The lowest BCUT2D eigenvalue weighted by molar-refractivity contribution is -0.142. The molecule has 2 fully saturated rings. The molecule has 176 valence electrons. The first-order valence-corrected chi connectivity index (χ1v) is 11.4. The van der Waals surface area contributed by atoms with E-state index in [0.717, 1.165) is 5.56 Å². The van der Waals surface area contributed by atoms with Gasteiger partial charge in [0.25, 0.3) is 11.8 Å². The van der Waals surface area contributed by atoms with Crippen molar-refractivity contribution < 1.29 is 28.7 Å². The van der Waals surface area contributed by atoms with Crippen LogP contribution in [-0.4, -0.2) is 77.2 Å². The smallest absolute Gasteiger partial charge is 0.267 e. The van der Waals surface area contributed by atoms with Crippen LogP contribution >= 0.6 is 0 Å². The molecule has 3 aliphatic rings. The Morgan fingerprint density at radius 2 is 1.44 bits per heavy atom. The van der Waals surface area contributed by atoms with Gasteiger partial charge in [0.05, 0.1) is 6.54 Å². The number of hydrogen-bond acceptors (Lipinski definition) is 6. The van der Waals surface area contributed by atoms with Crippen LogP contribution in [0.25, 0.3) is 0 Å². The fourth-order valence-corrected chi connectivity index (χ4v) is 4.39. The maximum atomic E-state index is 12.9. The fraction of sp³-hybridized carbons (Fsp3) is 0.360. The van der Waals surface area contributed by atoms with Crippen molar-refractivity contribution in [2.45, 2.75) is 25.5 Å². The first kappa shape index (κ1) is 21.9. The number of carbonyl (C=O) groups is 4. The van der Waals surface area contributed by atoms with Crippen molar-refractivity contribution in [2.24, 2.45) is 0 Å². The van der Waals surface area contributed by atoms with Gasteiger partial charge in [0.2, 0.25) is 17.9 Å². The molecule has 0 aliphatic carbocycles. The number of piperazine rings is 1. The predicted molar refractivity (Wildman–Crippen MR) is 120 cm³/mol. The maximum Gasteiger partial charge on any atom is 0.267 e. The van der Waals surface area contributed by atoms with E-state index in [1.165, 1.54) is 4.90 Å². The lowest BCUT2D eigenvalue weighted by Gasteiger charge is -2.37. The second-order valence-corrected chi connectivity index (χ2v) is 8.55. The number of hydrogen-bond donors (Lipinski definition) is 0. The Hall–Kier alpha value is -3.88. The van der Waals surface area contributed by atoms with Gasteiger partial charge in [-0.25, -0.2) is 0 Å². The van der Waals surface area contributed by atoms with Gasteiger partial charge in [-0.2, -0.15) is 0 Å². The Bertz CT molecular complexity index is 1110. The zero-order chi connectivity index (χ0) is 23.7. The number of amides is 4. The lowest BCUT2D eigenvalue weighted by atomic mass is 10.1. The lowest BCUT2D eigenvalue weighted by Crippen LogP contribution is -2.55. The second kappa shape index (κ2) is 9.17. The minimum absolute atomic E-state index is 0.113. The second-order valence-electron chi connectivity index (χ2n) is 8.55. The molecule has 5 rings (SSSR count). The van der Waals surface area contributed by atoms with Crippen molar-refractivity contribution in [1.29, 1.82) is 0 Å². The van der Waals surface area contributed by atoms with E-state index in [9.17, 15) is 19.2 Å². The quantitative estimate of drug-likeness (QED) is 0.637. The number of carbonyl (C=O) groups excluding carboxylic acids is 4. The van der Waals surface area contributed by atoms with Crippen molar-refractivity contribution in [1.82, 2.24) is 14.7 Å². The first-order chi connectivity index (χ1) is 16.5. The third-order valence-electron chi connectivity index (χ3n) is 6.36. The summed E-state index contributed by atoms with van der Waals surface area (Å²) in [5, 5.41) is 0. The molecule has 2 aromatic carbocycles. The summed E-state index contributed by atoms with van der Waals surface area (Å²) >= 11 is 0. The zero-order valence-corrected chi connectivity index (χ0v) is 18.6. The third-order valence-corrected chi connectivity index (χ3v) is 6.36. The number of benzene rings is 2.